The number of anilines is 1. The Hall–Kier alpha value is -3.23. The standard InChI is InChI=1S/C24H27ClN4O4/c1-2-33-23(31)21-20(26-24(32)27-22(21)16-3-5-17(25)6-4-16)15-28-11-13-29(14-12-28)18-7-9-19(30)10-8-18/h3-10,22,30H,2,11-15H2,1H3,(H2,26,27,32). The molecule has 2 aliphatic rings. The van der Waals surface area contributed by atoms with Crippen LogP contribution in [0.2, 0.25) is 5.02 Å². The van der Waals surface area contributed by atoms with E-state index in [4.69, 9.17) is 16.3 Å². The van der Waals surface area contributed by atoms with Crippen molar-refractivity contribution in [3.05, 3.63) is 70.4 Å². The molecule has 1 unspecified atom stereocenters. The molecule has 0 aromatic heterocycles. The van der Waals surface area contributed by atoms with Crippen LogP contribution >= 0.6 is 11.6 Å². The molecular weight excluding hydrogens is 444 g/mol. The third kappa shape index (κ3) is 5.40. The number of rotatable bonds is 6. The van der Waals surface area contributed by atoms with Crippen molar-refractivity contribution in [1.82, 2.24) is 15.5 Å². The fourth-order valence-corrected chi connectivity index (χ4v) is 4.28. The lowest BCUT2D eigenvalue weighted by molar-refractivity contribution is -0.139. The predicted octanol–water partition coefficient (Wildman–Crippen LogP) is 3.04. The number of ether oxygens (including phenoxy) is 1. The number of carbonyl (C=O) groups is 2. The first-order valence-electron chi connectivity index (χ1n) is 10.9. The van der Waals surface area contributed by atoms with Gasteiger partial charge in [-0.2, -0.15) is 0 Å². The van der Waals surface area contributed by atoms with Crippen molar-refractivity contribution in [1.29, 1.82) is 0 Å². The van der Waals surface area contributed by atoms with E-state index in [9.17, 15) is 14.7 Å². The van der Waals surface area contributed by atoms with Crippen LogP contribution in [-0.4, -0.2) is 61.3 Å². The van der Waals surface area contributed by atoms with Crippen LogP contribution in [0.5, 0.6) is 5.75 Å². The maximum absolute atomic E-state index is 12.9. The molecule has 33 heavy (non-hydrogen) atoms. The average molecular weight is 471 g/mol. The number of nitrogens with zero attached hydrogens (tertiary/aromatic N) is 2. The Morgan fingerprint density at radius 2 is 1.76 bits per heavy atom. The fourth-order valence-electron chi connectivity index (χ4n) is 4.15. The van der Waals surface area contributed by atoms with E-state index in [1.54, 1.807) is 43.3 Å². The highest BCUT2D eigenvalue weighted by atomic mass is 35.5. The van der Waals surface area contributed by atoms with E-state index in [1.165, 1.54) is 0 Å². The van der Waals surface area contributed by atoms with Crippen LogP contribution in [0.3, 0.4) is 0 Å². The van der Waals surface area contributed by atoms with Crippen LogP contribution in [0.1, 0.15) is 18.5 Å². The zero-order valence-electron chi connectivity index (χ0n) is 18.4. The summed E-state index contributed by atoms with van der Waals surface area (Å²) in [6.07, 6.45) is 0. The number of piperazine rings is 1. The van der Waals surface area contributed by atoms with E-state index >= 15 is 0 Å². The van der Waals surface area contributed by atoms with Gasteiger partial charge in [-0.3, -0.25) is 4.90 Å². The number of amides is 2. The molecule has 3 N–H and O–H groups in total. The molecule has 0 bridgehead atoms. The summed E-state index contributed by atoms with van der Waals surface area (Å²) in [7, 11) is 0. The first-order chi connectivity index (χ1) is 15.9. The summed E-state index contributed by atoms with van der Waals surface area (Å²) in [5.41, 5.74) is 2.76. The van der Waals surface area contributed by atoms with Crippen LogP contribution in [0.15, 0.2) is 59.8 Å². The Kier molecular flexibility index (Phi) is 7.05. The number of hydrogen-bond donors (Lipinski definition) is 3. The minimum Gasteiger partial charge on any atom is -0.508 e. The Bertz CT molecular complexity index is 1030. The van der Waals surface area contributed by atoms with Crippen molar-refractivity contribution in [3.63, 3.8) is 0 Å². The van der Waals surface area contributed by atoms with E-state index in [1.807, 2.05) is 12.1 Å². The number of phenols is 1. The molecule has 2 aromatic carbocycles. The number of benzene rings is 2. The molecule has 8 nitrogen and oxygen atoms in total. The first-order valence-corrected chi connectivity index (χ1v) is 11.3. The molecule has 2 heterocycles. The Labute approximate surface area is 197 Å². The maximum Gasteiger partial charge on any atom is 0.338 e. The smallest absolute Gasteiger partial charge is 0.338 e. The summed E-state index contributed by atoms with van der Waals surface area (Å²) < 4.78 is 5.33. The fraction of sp³-hybridized carbons (Fsp3) is 0.333. The van der Waals surface area contributed by atoms with Gasteiger partial charge in [-0.15, -0.1) is 0 Å². The van der Waals surface area contributed by atoms with Gasteiger partial charge in [0.05, 0.1) is 18.2 Å². The van der Waals surface area contributed by atoms with E-state index in [-0.39, 0.29) is 18.4 Å². The largest absolute Gasteiger partial charge is 0.508 e. The van der Waals surface area contributed by atoms with Crippen LogP contribution in [0, 0.1) is 0 Å². The number of urea groups is 1. The second-order valence-corrected chi connectivity index (χ2v) is 8.41. The summed E-state index contributed by atoms with van der Waals surface area (Å²) in [5, 5.41) is 15.8. The summed E-state index contributed by atoms with van der Waals surface area (Å²) in [4.78, 5) is 29.9. The minimum atomic E-state index is -0.622. The average Bonchev–Trinajstić information content (AvgIpc) is 2.80. The van der Waals surface area contributed by atoms with Gasteiger partial charge in [0.1, 0.15) is 5.75 Å². The van der Waals surface area contributed by atoms with E-state index in [0.717, 1.165) is 37.4 Å². The van der Waals surface area contributed by atoms with Gasteiger partial charge in [0.25, 0.3) is 0 Å². The molecular formula is C24H27ClN4O4. The number of carbonyl (C=O) groups excluding carboxylic acids is 2. The predicted molar refractivity (Wildman–Crippen MR) is 126 cm³/mol. The van der Waals surface area contributed by atoms with Crippen LogP contribution in [0.25, 0.3) is 0 Å². The van der Waals surface area contributed by atoms with E-state index in [0.29, 0.717) is 22.8 Å². The van der Waals surface area contributed by atoms with Gasteiger partial charge in [-0.05, 0) is 48.9 Å². The molecule has 1 fully saturated rings. The van der Waals surface area contributed by atoms with Gasteiger partial charge in [0.2, 0.25) is 0 Å². The number of halogens is 1. The van der Waals surface area contributed by atoms with Gasteiger partial charge >= 0.3 is 12.0 Å². The zero-order chi connectivity index (χ0) is 23.4. The Morgan fingerprint density at radius 3 is 2.39 bits per heavy atom. The third-order valence-electron chi connectivity index (χ3n) is 5.82. The Balaban J connectivity index is 1.54. The third-order valence-corrected chi connectivity index (χ3v) is 6.07. The summed E-state index contributed by atoms with van der Waals surface area (Å²) in [6.45, 7) is 5.52. The van der Waals surface area contributed by atoms with Crippen molar-refractivity contribution < 1.29 is 19.4 Å². The topological polar surface area (TPSA) is 94.1 Å². The van der Waals surface area contributed by atoms with Gasteiger partial charge in [0.15, 0.2) is 0 Å². The molecule has 2 aromatic rings. The quantitative estimate of drug-likeness (QED) is 0.562. The van der Waals surface area contributed by atoms with Gasteiger partial charge in [-0.1, -0.05) is 23.7 Å². The molecule has 174 valence electrons. The van der Waals surface area contributed by atoms with E-state index < -0.39 is 12.0 Å². The minimum absolute atomic E-state index is 0.238. The lowest BCUT2D eigenvalue weighted by Gasteiger charge is -2.38. The van der Waals surface area contributed by atoms with Gasteiger partial charge < -0.3 is 25.4 Å². The molecule has 0 saturated carbocycles. The number of phenolic OH excluding ortho intramolecular Hbond substituents is 1. The highest BCUT2D eigenvalue weighted by Gasteiger charge is 2.34. The summed E-state index contributed by atoms with van der Waals surface area (Å²) in [6, 6.07) is 13.2. The zero-order valence-corrected chi connectivity index (χ0v) is 19.1. The lowest BCUT2D eigenvalue weighted by atomic mass is 9.95. The highest BCUT2D eigenvalue weighted by molar-refractivity contribution is 6.30. The molecule has 1 atom stereocenters. The molecule has 0 aliphatic carbocycles. The molecule has 2 aliphatic heterocycles. The second kappa shape index (κ2) is 10.1. The molecule has 1 saturated heterocycles. The van der Waals surface area contributed by atoms with Crippen molar-refractivity contribution in [2.45, 2.75) is 13.0 Å². The van der Waals surface area contributed by atoms with Crippen LogP contribution in [0.4, 0.5) is 10.5 Å². The highest BCUT2D eigenvalue weighted by Crippen LogP contribution is 2.29. The molecule has 4 rings (SSSR count). The molecule has 2 amide bonds. The lowest BCUT2D eigenvalue weighted by Crippen LogP contribution is -2.51. The van der Waals surface area contributed by atoms with Crippen LogP contribution in [-0.2, 0) is 9.53 Å². The van der Waals surface area contributed by atoms with Gasteiger partial charge in [-0.25, -0.2) is 9.59 Å². The second-order valence-electron chi connectivity index (χ2n) is 7.98. The SMILES string of the molecule is CCOC(=O)C1=C(CN2CCN(c3ccc(O)cc3)CC2)NC(=O)NC1c1ccc(Cl)cc1. The summed E-state index contributed by atoms with van der Waals surface area (Å²) >= 11 is 6.02. The number of aromatic hydroxyl groups is 1. The Morgan fingerprint density at radius 1 is 1.09 bits per heavy atom. The number of hydrogen-bond acceptors (Lipinski definition) is 6. The van der Waals surface area contributed by atoms with Crippen LogP contribution < -0.4 is 15.5 Å². The van der Waals surface area contributed by atoms with Crippen molar-refractivity contribution >= 4 is 29.3 Å². The van der Waals surface area contributed by atoms with Crippen molar-refractivity contribution in [2.24, 2.45) is 0 Å². The maximum atomic E-state index is 12.9. The summed E-state index contributed by atoms with van der Waals surface area (Å²) in [5.74, 6) is -0.213. The number of nitrogens with one attached hydrogen (secondary N) is 2. The first kappa shape index (κ1) is 22.9. The number of esters is 1. The van der Waals surface area contributed by atoms with Gasteiger partial charge in [0, 0.05) is 49.1 Å². The molecule has 0 spiro atoms. The monoisotopic (exact) mass is 470 g/mol. The normalized spacial score (nSPS) is 19.2. The van der Waals surface area contributed by atoms with Crippen molar-refractivity contribution in [2.75, 3.05) is 44.2 Å². The van der Waals surface area contributed by atoms with Crippen molar-refractivity contribution in [3.8, 4) is 5.75 Å². The van der Waals surface area contributed by atoms with E-state index in [2.05, 4.69) is 20.4 Å². The molecule has 0 radical (unpaired) electrons. The molecule has 9 heteroatoms.